The third-order valence-electron chi connectivity index (χ3n) is 4.37. The summed E-state index contributed by atoms with van der Waals surface area (Å²) in [5.74, 6) is 0.791. The Morgan fingerprint density at radius 2 is 1.96 bits per heavy atom. The molecule has 1 fully saturated rings. The van der Waals surface area contributed by atoms with Gasteiger partial charge in [-0.2, -0.15) is 11.8 Å². The molecule has 0 aliphatic carbocycles. The summed E-state index contributed by atoms with van der Waals surface area (Å²) < 4.78 is 0. The first-order valence-corrected chi connectivity index (χ1v) is 10.1. The molecule has 1 unspecified atom stereocenters. The van der Waals surface area contributed by atoms with Crippen LogP contribution in [0.2, 0.25) is 0 Å². The van der Waals surface area contributed by atoms with Crippen molar-refractivity contribution in [2.45, 2.75) is 25.4 Å². The molecule has 0 bridgehead atoms. The lowest BCUT2D eigenvalue weighted by atomic mass is 10.2. The molecule has 2 rings (SSSR count). The number of primary amides is 1. The van der Waals surface area contributed by atoms with Crippen molar-refractivity contribution in [3.8, 4) is 0 Å². The maximum absolute atomic E-state index is 12.8. The Morgan fingerprint density at radius 3 is 2.64 bits per heavy atom. The van der Waals surface area contributed by atoms with Crippen LogP contribution in [0.1, 0.15) is 18.4 Å². The lowest BCUT2D eigenvalue weighted by Gasteiger charge is -2.26. The van der Waals surface area contributed by atoms with E-state index in [9.17, 15) is 9.59 Å². The van der Waals surface area contributed by atoms with Gasteiger partial charge in [0.1, 0.15) is 6.04 Å². The van der Waals surface area contributed by atoms with Gasteiger partial charge in [-0.05, 0) is 30.4 Å². The van der Waals surface area contributed by atoms with Crippen molar-refractivity contribution in [2.75, 3.05) is 38.2 Å². The molecule has 0 radical (unpaired) electrons. The van der Waals surface area contributed by atoms with E-state index in [-0.39, 0.29) is 5.91 Å². The maximum Gasteiger partial charge on any atom is 0.312 e. The summed E-state index contributed by atoms with van der Waals surface area (Å²) in [6, 6.07) is 9.22. The van der Waals surface area contributed by atoms with Gasteiger partial charge in [0.25, 0.3) is 0 Å². The predicted molar refractivity (Wildman–Crippen MR) is 102 cm³/mol. The van der Waals surface area contributed by atoms with Gasteiger partial charge in [0.05, 0.1) is 0 Å². The minimum atomic E-state index is -0.639. The maximum atomic E-state index is 12.8. The van der Waals surface area contributed by atoms with E-state index in [0.29, 0.717) is 13.0 Å². The molecule has 1 saturated heterocycles. The van der Waals surface area contributed by atoms with Crippen LogP contribution in [0.3, 0.4) is 0 Å². The van der Waals surface area contributed by atoms with E-state index >= 15 is 0 Å². The summed E-state index contributed by atoms with van der Waals surface area (Å²) in [5, 5.41) is 2.60. The van der Waals surface area contributed by atoms with E-state index in [2.05, 4.69) is 34.5 Å². The van der Waals surface area contributed by atoms with Gasteiger partial charge in [-0.25, -0.2) is 4.79 Å². The topological polar surface area (TPSA) is 78.7 Å². The molecule has 3 N–H and O–H groups in total. The molecule has 25 heavy (non-hydrogen) atoms. The first-order chi connectivity index (χ1) is 12.1. The monoisotopic (exact) mass is 364 g/mol. The molecule has 1 aromatic carbocycles. The Balaban J connectivity index is 1.91. The summed E-state index contributed by atoms with van der Waals surface area (Å²) in [5.41, 5.74) is 6.52. The minimum Gasteiger partial charge on any atom is -0.352 e. The standard InChI is InChI=1S/C18H28N4O2S/c1-25-13-8-16(20-18(19)24)17(23)22-10-5-9-21(11-12-22)14-15-6-3-2-4-7-15/h2-4,6-7,16H,5,8-14H2,1H3,(H3,19,20,24). The number of carbonyl (C=O) groups is 2. The molecule has 1 aromatic rings. The summed E-state index contributed by atoms with van der Waals surface area (Å²) in [6.07, 6.45) is 3.52. The largest absolute Gasteiger partial charge is 0.352 e. The average molecular weight is 365 g/mol. The third-order valence-corrected chi connectivity index (χ3v) is 5.02. The van der Waals surface area contributed by atoms with Crippen molar-refractivity contribution in [1.82, 2.24) is 15.1 Å². The van der Waals surface area contributed by atoms with Gasteiger partial charge in [0, 0.05) is 32.7 Å². The second kappa shape index (κ2) is 10.3. The molecule has 1 aliphatic heterocycles. The van der Waals surface area contributed by atoms with Crippen LogP contribution in [0, 0.1) is 0 Å². The molecule has 1 atom stereocenters. The van der Waals surface area contributed by atoms with Gasteiger partial charge in [0.15, 0.2) is 0 Å². The van der Waals surface area contributed by atoms with E-state index in [1.54, 1.807) is 11.8 Å². The van der Waals surface area contributed by atoms with E-state index in [0.717, 1.165) is 38.4 Å². The highest BCUT2D eigenvalue weighted by Gasteiger charge is 2.26. The summed E-state index contributed by atoms with van der Waals surface area (Å²) in [4.78, 5) is 28.2. The number of urea groups is 1. The van der Waals surface area contributed by atoms with E-state index in [1.807, 2.05) is 17.2 Å². The number of nitrogens with zero attached hydrogens (tertiary/aromatic N) is 2. The highest BCUT2D eigenvalue weighted by Crippen LogP contribution is 2.11. The molecule has 3 amide bonds. The first kappa shape index (κ1) is 19.6. The second-order valence-electron chi connectivity index (χ2n) is 6.28. The van der Waals surface area contributed by atoms with Crippen LogP contribution in [0.4, 0.5) is 4.79 Å². The lowest BCUT2D eigenvalue weighted by molar-refractivity contribution is -0.133. The van der Waals surface area contributed by atoms with Gasteiger partial charge in [-0.3, -0.25) is 9.69 Å². The molecule has 0 spiro atoms. The third kappa shape index (κ3) is 6.59. The number of nitrogens with two attached hydrogens (primary N) is 1. The number of carbonyl (C=O) groups excluding carboxylic acids is 2. The molecular weight excluding hydrogens is 336 g/mol. The van der Waals surface area contributed by atoms with Crippen LogP contribution in [0.15, 0.2) is 30.3 Å². The van der Waals surface area contributed by atoms with Crippen LogP contribution >= 0.6 is 11.8 Å². The van der Waals surface area contributed by atoms with Crippen LogP contribution in [-0.4, -0.2) is 66.0 Å². The Kier molecular flexibility index (Phi) is 8.08. The van der Waals surface area contributed by atoms with Crippen molar-refractivity contribution >= 4 is 23.7 Å². The quantitative estimate of drug-likeness (QED) is 0.769. The minimum absolute atomic E-state index is 0.0191. The summed E-state index contributed by atoms with van der Waals surface area (Å²) in [7, 11) is 0. The smallest absolute Gasteiger partial charge is 0.312 e. The van der Waals surface area contributed by atoms with Crippen molar-refractivity contribution in [3.05, 3.63) is 35.9 Å². The van der Waals surface area contributed by atoms with Crippen molar-refractivity contribution in [2.24, 2.45) is 5.73 Å². The fourth-order valence-electron chi connectivity index (χ4n) is 3.08. The van der Waals surface area contributed by atoms with Gasteiger partial charge in [-0.1, -0.05) is 30.3 Å². The molecule has 6 nitrogen and oxygen atoms in total. The Labute approximate surface area is 154 Å². The Hall–Kier alpha value is -1.73. The molecule has 138 valence electrons. The van der Waals surface area contributed by atoms with Crippen molar-refractivity contribution < 1.29 is 9.59 Å². The van der Waals surface area contributed by atoms with Crippen LogP contribution < -0.4 is 11.1 Å². The number of thioether (sulfide) groups is 1. The number of hydrogen-bond acceptors (Lipinski definition) is 4. The summed E-state index contributed by atoms with van der Waals surface area (Å²) in [6.45, 7) is 4.12. The highest BCUT2D eigenvalue weighted by molar-refractivity contribution is 7.98. The zero-order valence-electron chi connectivity index (χ0n) is 14.8. The number of rotatable bonds is 7. The summed E-state index contributed by atoms with van der Waals surface area (Å²) >= 11 is 1.66. The second-order valence-corrected chi connectivity index (χ2v) is 7.27. The lowest BCUT2D eigenvalue weighted by Crippen LogP contribution is -2.51. The predicted octanol–water partition coefficient (Wildman–Crippen LogP) is 1.51. The van der Waals surface area contributed by atoms with E-state index in [1.165, 1.54) is 5.56 Å². The van der Waals surface area contributed by atoms with Crippen molar-refractivity contribution in [1.29, 1.82) is 0 Å². The zero-order valence-corrected chi connectivity index (χ0v) is 15.6. The molecule has 7 heteroatoms. The van der Waals surface area contributed by atoms with E-state index in [4.69, 9.17) is 5.73 Å². The molecule has 0 saturated carbocycles. The highest BCUT2D eigenvalue weighted by atomic mass is 32.2. The molecular formula is C18H28N4O2S. The van der Waals surface area contributed by atoms with Crippen LogP contribution in [0.25, 0.3) is 0 Å². The Morgan fingerprint density at radius 1 is 1.20 bits per heavy atom. The van der Waals surface area contributed by atoms with Crippen LogP contribution in [0.5, 0.6) is 0 Å². The van der Waals surface area contributed by atoms with Crippen molar-refractivity contribution in [3.63, 3.8) is 0 Å². The zero-order chi connectivity index (χ0) is 18.1. The normalized spacial score (nSPS) is 16.9. The van der Waals surface area contributed by atoms with E-state index < -0.39 is 12.1 Å². The van der Waals surface area contributed by atoms with Gasteiger partial charge >= 0.3 is 6.03 Å². The van der Waals surface area contributed by atoms with Gasteiger partial charge < -0.3 is 16.0 Å². The SMILES string of the molecule is CSCCC(NC(N)=O)C(=O)N1CCCN(Cc2ccccc2)CC1. The molecule has 0 aromatic heterocycles. The average Bonchev–Trinajstić information content (AvgIpc) is 2.84. The number of amides is 3. The van der Waals surface area contributed by atoms with Gasteiger partial charge in [-0.15, -0.1) is 0 Å². The number of hydrogen-bond donors (Lipinski definition) is 2. The number of benzene rings is 1. The number of nitrogens with one attached hydrogen (secondary N) is 1. The molecule has 1 heterocycles. The molecule has 1 aliphatic rings. The van der Waals surface area contributed by atoms with Crippen LogP contribution in [-0.2, 0) is 11.3 Å². The fraction of sp³-hybridized carbons (Fsp3) is 0.556. The first-order valence-electron chi connectivity index (χ1n) is 8.70. The fourth-order valence-corrected chi connectivity index (χ4v) is 3.55. The van der Waals surface area contributed by atoms with Gasteiger partial charge in [0.2, 0.25) is 5.91 Å². The Bertz CT molecular complexity index is 555.